The number of imidazole rings is 1. The highest BCUT2D eigenvalue weighted by Gasteiger charge is 2.16. The van der Waals surface area contributed by atoms with Crippen LogP contribution in [0, 0.1) is 0 Å². The van der Waals surface area contributed by atoms with E-state index in [4.69, 9.17) is 4.55 Å². The Morgan fingerprint density at radius 1 is 1.24 bits per heavy atom. The second kappa shape index (κ2) is 3.52. The molecule has 7 nitrogen and oxygen atoms in total. The van der Waals surface area contributed by atoms with Crippen molar-refractivity contribution < 1.29 is 21.4 Å². The minimum absolute atomic E-state index is 0.0375. The molecule has 2 aromatic rings. The van der Waals surface area contributed by atoms with E-state index in [1.54, 1.807) is 0 Å². The van der Waals surface area contributed by atoms with Crippen LogP contribution in [0.1, 0.15) is 0 Å². The monoisotopic (exact) mass is 276 g/mol. The second-order valence-electron chi connectivity index (χ2n) is 3.47. The molecule has 0 unspecified atom stereocenters. The van der Waals surface area contributed by atoms with Crippen molar-refractivity contribution in [2.45, 2.75) is 10.1 Å². The highest BCUT2D eigenvalue weighted by molar-refractivity contribution is 7.90. The van der Waals surface area contributed by atoms with Gasteiger partial charge in [-0.1, -0.05) is 0 Å². The number of nitrogens with zero attached hydrogens (tertiary/aromatic N) is 1. The zero-order valence-corrected chi connectivity index (χ0v) is 10.2. The lowest BCUT2D eigenvalue weighted by Gasteiger charge is -1.96. The zero-order valence-electron chi connectivity index (χ0n) is 8.58. The molecule has 2 rings (SSSR count). The lowest BCUT2D eigenvalue weighted by molar-refractivity contribution is 0.476. The molecule has 0 amide bonds. The van der Waals surface area contributed by atoms with Crippen LogP contribution in [0.25, 0.3) is 11.0 Å². The zero-order chi connectivity index (χ0) is 12.8. The molecule has 1 aromatic carbocycles. The van der Waals surface area contributed by atoms with Crippen LogP contribution in [-0.4, -0.2) is 37.6 Å². The Hall–Kier alpha value is -1.45. The van der Waals surface area contributed by atoms with Gasteiger partial charge in [0.05, 0.1) is 15.9 Å². The van der Waals surface area contributed by atoms with Crippen LogP contribution in [0.3, 0.4) is 0 Å². The summed E-state index contributed by atoms with van der Waals surface area (Å²) in [6.07, 6.45) is 1.04. The number of H-pyrrole nitrogens is 1. The van der Waals surface area contributed by atoms with E-state index in [2.05, 4.69) is 9.97 Å². The number of rotatable bonds is 2. The van der Waals surface area contributed by atoms with Crippen molar-refractivity contribution >= 4 is 31.0 Å². The lowest BCUT2D eigenvalue weighted by atomic mass is 10.3. The van der Waals surface area contributed by atoms with E-state index >= 15 is 0 Å². The van der Waals surface area contributed by atoms with Gasteiger partial charge in [0.2, 0.25) is 0 Å². The first-order chi connectivity index (χ1) is 7.68. The smallest absolute Gasteiger partial charge is 0.327 e. The molecule has 0 atom stereocenters. The third-order valence-corrected chi connectivity index (χ3v) is 3.90. The Balaban J connectivity index is 2.73. The van der Waals surface area contributed by atoms with E-state index < -0.39 is 25.1 Å². The highest BCUT2D eigenvalue weighted by Crippen LogP contribution is 2.18. The molecule has 0 aliphatic rings. The number of benzene rings is 1. The maximum absolute atomic E-state index is 11.3. The Labute approximate surface area is 97.2 Å². The summed E-state index contributed by atoms with van der Waals surface area (Å²) in [4.78, 5) is 5.99. The summed E-state index contributed by atoms with van der Waals surface area (Å²) in [6, 6.07) is 3.93. The average Bonchev–Trinajstić information content (AvgIpc) is 2.57. The van der Waals surface area contributed by atoms with Crippen LogP contribution in [-0.2, 0) is 20.0 Å². The number of sulfone groups is 1. The molecule has 0 fully saturated rings. The summed E-state index contributed by atoms with van der Waals surface area (Å²) in [6.45, 7) is 0. The second-order valence-corrected chi connectivity index (χ2v) is 6.82. The fraction of sp³-hybridized carbons (Fsp3) is 0.125. The quantitative estimate of drug-likeness (QED) is 0.757. The van der Waals surface area contributed by atoms with Crippen molar-refractivity contribution in [3.8, 4) is 0 Å². The van der Waals surface area contributed by atoms with Crippen LogP contribution < -0.4 is 0 Å². The first-order valence-corrected chi connectivity index (χ1v) is 7.68. The SMILES string of the molecule is CS(=O)(=O)c1ccc2nc(S(=O)(=O)O)[nH]c2c1. The van der Waals surface area contributed by atoms with Crippen LogP contribution in [0.5, 0.6) is 0 Å². The van der Waals surface area contributed by atoms with E-state index in [1.807, 2.05) is 0 Å². The molecular formula is C8H8N2O5S2. The first-order valence-electron chi connectivity index (χ1n) is 4.35. The molecule has 1 aromatic heterocycles. The predicted octanol–water partition coefficient (Wildman–Crippen LogP) is 0.213. The molecule has 9 heteroatoms. The summed E-state index contributed by atoms with van der Waals surface area (Å²) in [5.74, 6) is 0. The molecule has 0 saturated carbocycles. The summed E-state index contributed by atoms with van der Waals surface area (Å²) < 4.78 is 53.0. The predicted molar refractivity (Wildman–Crippen MR) is 59.0 cm³/mol. The Morgan fingerprint density at radius 2 is 1.88 bits per heavy atom. The van der Waals surface area contributed by atoms with Gasteiger partial charge in [-0.15, -0.1) is 0 Å². The van der Waals surface area contributed by atoms with Crippen molar-refractivity contribution in [3.05, 3.63) is 18.2 Å². The summed E-state index contributed by atoms with van der Waals surface area (Å²) >= 11 is 0. The molecule has 0 radical (unpaired) electrons. The number of hydrogen-bond donors (Lipinski definition) is 2. The van der Waals surface area contributed by atoms with E-state index in [-0.39, 0.29) is 15.9 Å². The van der Waals surface area contributed by atoms with E-state index in [1.165, 1.54) is 18.2 Å². The van der Waals surface area contributed by atoms with Crippen molar-refractivity contribution in [1.82, 2.24) is 9.97 Å². The van der Waals surface area contributed by atoms with Crippen molar-refractivity contribution in [2.24, 2.45) is 0 Å². The minimum Gasteiger partial charge on any atom is -0.327 e. The van der Waals surface area contributed by atoms with Gasteiger partial charge >= 0.3 is 10.1 Å². The molecule has 17 heavy (non-hydrogen) atoms. The maximum Gasteiger partial charge on any atom is 0.328 e. The van der Waals surface area contributed by atoms with Crippen molar-refractivity contribution in [2.75, 3.05) is 6.26 Å². The average molecular weight is 276 g/mol. The van der Waals surface area contributed by atoms with E-state index in [9.17, 15) is 16.8 Å². The third-order valence-electron chi connectivity index (χ3n) is 2.10. The molecule has 0 bridgehead atoms. The summed E-state index contributed by atoms with van der Waals surface area (Å²) in [5, 5.41) is -0.613. The van der Waals surface area contributed by atoms with E-state index in [0.717, 1.165) is 6.26 Å². The summed E-state index contributed by atoms with van der Waals surface area (Å²) in [5.41, 5.74) is 0.477. The molecule has 2 N–H and O–H groups in total. The van der Waals surface area contributed by atoms with Gasteiger partial charge in [-0.25, -0.2) is 13.4 Å². The number of fused-ring (bicyclic) bond motifs is 1. The largest absolute Gasteiger partial charge is 0.328 e. The molecule has 0 aliphatic carbocycles. The number of aromatic nitrogens is 2. The van der Waals surface area contributed by atoms with Gasteiger partial charge in [0, 0.05) is 6.26 Å². The molecule has 0 saturated heterocycles. The van der Waals surface area contributed by atoms with Gasteiger partial charge < -0.3 is 4.98 Å². The summed E-state index contributed by atoms with van der Waals surface area (Å²) in [7, 11) is -7.81. The Bertz CT molecular complexity index is 758. The van der Waals surface area contributed by atoms with Gasteiger partial charge in [-0.05, 0) is 18.2 Å². The van der Waals surface area contributed by atoms with Gasteiger partial charge in [-0.3, -0.25) is 4.55 Å². The van der Waals surface area contributed by atoms with Gasteiger partial charge in [0.25, 0.3) is 5.16 Å². The molecule has 92 valence electrons. The van der Waals surface area contributed by atoms with Crippen molar-refractivity contribution in [1.29, 1.82) is 0 Å². The molecule has 0 spiro atoms. The number of aromatic amines is 1. The molecular weight excluding hydrogens is 268 g/mol. The van der Waals surface area contributed by atoms with Crippen LogP contribution in [0.2, 0.25) is 0 Å². The van der Waals surface area contributed by atoms with Gasteiger partial charge in [-0.2, -0.15) is 8.42 Å². The first kappa shape index (κ1) is 12.0. The van der Waals surface area contributed by atoms with Crippen molar-refractivity contribution in [3.63, 3.8) is 0 Å². The molecule has 1 heterocycles. The topological polar surface area (TPSA) is 117 Å². The lowest BCUT2D eigenvalue weighted by Crippen LogP contribution is -1.99. The Kier molecular flexibility index (Phi) is 2.49. The number of hydrogen-bond acceptors (Lipinski definition) is 5. The van der Waals surface area contributed by atoms with Crippen LogP contribution >= 0.6 is 0 Å². The fourth-order valence-corrected chi connectivity index (χ4v) is 2.42. The van der Waals surface area contributed by atoms with Gasteiger partial charge in [0.1, 0.15) is 0 Å². The van der Waals surface area contributed by atoms with E-state index in [0.29, 0.717) is 0 Å². The third kappa shape index (κ3) is 2.30. The van der Waals surface area contributed by atoms with Crippen LogP contribution in [0.4, 0.5) is 0 Å². The molecule has 0 aliphatic heterocycles. The standard InChI is InChI=1S/C8H8N2O5S2/c1-16(11,12)5-2-3-6-7(4-5)10-8(9-6)17(13,14)15/h2-4H,1H3,(H,9,10)(H,13,14,15). The minimum atomic E-state index is -4.43. The number of nitrogens with one attached hydrogen (secondary N) is 1. The van der Waals surface area contributed by atoms with Gasteiger partial charge in [0.15, 0.2) is 9.84 Å². The van der Waals surface area contributed by atoms with Crippen LogP contribution in [0.15, 0.2) is 28.3 Å². The fourth-order valence-electron chi connectivity index (χ4n) is 1.32. The maximum atomic E-state index is 11.3. The highest BCUT2D eigenvalue weighted by atomic mass is 32.2. The Morgan fingerprint density at radius 3 is 2.41 bits per heavy atom. The normalized spacial score (nSPS) is 13.1.